The largest absolute Gasteiger partial charge is 0.326 e. The van der Waals surface area contributed by atoms with Crippen LogP contribution in [-0.4, -0.2) is 4.57 Å². The van der Waals surface area contributed by atoms with Crippen LogP contribution in [0.4, 0.5) is 5.69 Å². The molecule has 0 N–H and O–H groups in total. The molecule has 2 aromatic carbocycles. The van der Waals surface area contributed by atoms with Gasteiger partial charge in [-0.15, -0.1) is 0 Å². The molecule has 0 fully saturated rings. The first-order valence-electron chi connectivity index (χ1n) is 5.84. The lowest BCUT2D eigenvalue weighted by molar-refractivity contribution is 1.13. The van der Waals surface area contributed by atoms with Crippen LogP contribution in [0.1, 0.15) is 5.56 Å². The van der Waals surface area contributed by atoms with E-state index in [4.69, 9.17) is 6.57 Å². The Labute approximate surface area is 106 Å². The van der Waals surface area contributed by atoms with E-state index < -0.39 is 0 Å². The second-order valence-electron chi connectivity index (χ2n) is 4.35. The first-order valence-corrected chi connectivity index (χ1v) is 5.84. The zero-order valence-corrected chi connectivity index (χ0v) is 10.1. The third kappa shape index (κ3) is 1.57. The molecule has 0 aliphatic heterocycles. The fourth-order valence-electron chi connectivity index (χ4n) is 2.21. The number of fused-ring (bicyclic) bond motifs is 1. The van der Waals surface area contributed by atoms with Crippen LogP contribution >= 0.6 is 0 Å². The molecule has 2 nitrogen and oxygen atoms in total. The fraction of sp³-hybridized carbons (Fsp3) is 0.0625. The number of para-hydroxylation sites is 2. The highest BCUT2D eigenvalue weighted by Gasteiger charge is 2.07. The predicted octanol–water partition coefficient (Wildman–Crippen LogP) is 4.49. The van der Waals surface area contributed by atoms with Crippen molar-refractivity contribution in [3.63, 3.8) is 0 Å². The Morgan fingerprint density at radius 3 is 2.72 bits per heavy atom. The average Bonchev–Trinajstić information content (AvgIpc) is 2.81. The zero-order valence-electron chi connectivity index (χ0n) is 10.1. The number of benzene rings is 2. The van der Waals surface area contributed by atoms with Gasteiger partial charge in [-0.05, 0) is 36.1 Å². The fourth-order valence-corrected chi connectivity index (χ4v) is 2.21. The first kappa shape index (κ1) is 10.6. The van der Waals surface area contributed by atoms with Crippen LogP contribution in [0, 0.1) is 13.5 Å². The van der Waals surface area contributed by atoms with E-state index >= 15 is 0 Å². The van der Waals surface area contributed by atoms with Crippen LogP contribution in [0.15, 0.2) is 54.7 Å². The summed E-state index contributed by atoms with van der Waals surface area (Å²) in [6.07, 6.45) is 2.02. The van der Waals surface area contributed by atoms with E-state index in [1.807, 2.05) is 30.5 Å². The van der Waals surface area contributed by atoms with Crippen molar-refractivity contribution in [1.82, 2.24) is 4.57 Å². The molecule has 3 aromatic rings. The molecular weight excluding hydrogens is 220 g/mol. The summed E-state index contributed by atoms with van der Waals surface area (Å²) in [5, 5.41) is 1.19. The van der Waals surface area contributed by atoms with E-state index in [0.29, 0.717) is 5.69 Å². The van der Waals surface area contributed by atoms with E-state index in [0.717, 1.165) is 11.2 Å². The maximum atomic E-state index is 7.25. The predicted molar refractivity (Wildman–Crippen MR) is 74.3 cm³/mol. The SMILES string of the molecule is [C-]#[N+]c1ccccc1-n1ccc2ccc(C)cc21. The maximum Gasteiger partial charge on any atom is 0.210 e. The Balaban J connectivity index is 2.32. The molecule has 0 unspecified atom stereocenters. The Hall–Kier alpha value is -2.53. The molecular formula is C16H12N2. The minimum absolute atomic E-state index is 0.677. The highest BCUT2D eigenvalue weighted by atomic mass is 15.0. The lowest BCUT2D eigenvalue weighted by Crippen LogP contribution is -1.91. The Morgan fingerprint density at radius 2 is 1.89 bits per heavy atom. The van der Waals surface area contributed by atoms with Crippen molar-refractivity contribution in [3.8, 4) is 5.69 Å². The van der Waals surface area contributed by atoms with Gasteiger partial charge in [0.15, 0.2) is 0 Å². The molecule has 0 amide bonds. The normalized spacial score (nSPS) is 10.4. The van der Waals surface area contributed by atoms with Gasteiger partial charge in [0.2, 0.25) is 5.69 Å². The number of aryl methyl sites for hydroxylation is 1. The van der Waals surface area contributed by atoms with Gasteiger partial charge < -0.3 is 4.57 Å². The van der Waals surface area contributed by atoms with E-state index in [9.17, 15) is 0 Å². The van der Waals surface area contributed by atoms with Crippen LogP contribution < -0.4 is 0 Å². The van der Waals surface area contributed by atoms with Gasteiger partial charge in [0, 0.05) is 6.20 Å². The minimum atomic E-state index is 0.677. The van der Waals surface area contributed by atoms with Gasteiger partial charge in [-0.3, -0.25) is 0 Å². The Kier molecular flexibility index (Phi) is 2.39. The third-order valence-electron chi connectivity index (χ3n) is 3.11. The number of hydrogen-bond donors (Lipinski definition) is 0. The number of nitrogens with zero attached hydrogens (tertiary/aromatic N) is 2. The highest BCUT2D eigenvalue weighted by Crippen LogP contribution is 2.28. The van der Waals surface area contributed by atoms with Crippen LogP contribution in [0.5, 0.6) is 0 Å². The quantitative estimate of drug-likeness (QED) is 0.547. The molecule has 1 aromatic heterocycles. The maximum absolute atomic E-state index is 7.25. The Morgan fingerprint density at radius 1 is 1.06 bits per heavy atom. The van der Waals surface area contributed by atoms with Gasteiger partial charge in [-0.25, -0.2) is 4.85 Å². The summed E-state index contributed by atoms with van der Waals surface area (Å²) in [4.78, 5) is 3.58. The molecule has 2 heteroatoms. The topological polar surface area (TPSA) is 9.29 Å². The van der Waals surface area contributed by atoms with Crippen molar-refractivity contribution in [1.29, 1.82) is 0 Å². The van der Waals surface area contributed by atoms with Crippen molar-refractivity contribution >= 4 is 16.6 Å². The van der Waals surface area contributed by atoms with Crippen LogP contribution in [0.3, 0.4) is 0 Å². The molecule has 0 spiro atoms. The second-order valence-corrected chi connectivity index (χ2v) is 4.35. The minimum Gasteiger partial charge on any atom is -0.326 e. The summed E-state index contributed by atoms with van der Waals surface area (Å²) in [5.41, 5.74) is 3.98. The number of rotatable bonds is 1. The Bertz CT molecular complexity index is 760. The van der Waals surface area contributed by atoms with E-state index in [1.165, 1.54) is 10.9 Å². The molecule has 0 atom stereocenters. The van der Waals surface area contributed by atoms with Gasteiger partial charge in [0.25, 0.3) is 0 Å². The summed E-state index contributed by atoms with van der Waals surface area (Å²) in [7, 11) is 0. The van der Waals surface area contributed by atoms with Crippen molar-refractivity contribution in [3.05, 3.63) is 71.7 Å². The standard InChI is InChI=1S/C16H12N2/c1-12-7-8-13-9-10-18(16(13)11-12)15-6-4-3-5-14(15)17-2/h3-11H,1H3. The van der Waals surface area contributed by atoms with Gasteiger partial charge in [-0.1, -0.05) is 30.3 Å². The molecule has 86 valence electrons. The third-order valence-corrected chi connectivity index (χ3v) is 3.11. The highest BCUT2D eigenvalue weighted by molar-refractivity contribution is 5.84. The van der Waals surface area contributed by atoms with Crippen LogP contribution in [0.25, 0.3) is 21.4 Å². The number of hydrogen-bond acceptors (Lipinski definition) is 0. The summed E-state index contributed by atoms with van der Waals surface area (Å²) >= 11 is 0. The van der Waals surface area contributed by atoms with Crippen LogP contribution in [-0.2, 0) is 0 Å². The van der Waals surface area contributed by atoms with Crippen molar-refractivity contribution in [2.24, 2.45) is 0 Å². The van der Waals surface area contributed by atoms with Crippen molar-refractivity contribution < 1.29 is 0 Å². The lowest BCUT2D eigenvalue weighted by atomic mass is 10.2. The van der Waals surface area contributed by atoms with Crippen LogP contribution in [0.2, 0.25) is 0 Å². The summed E-state index contributed by atoms with van der Waals surface area (Å²) in [5.74, 6) is 0. The van der Waals surface area contributed by atoms with E-state index in [2.05, 4.69) is 40.6 Å². The molecule has 0 bridgehead atoms. The summed E-state index contributed by atoms with van der Waals surface area (Å²) in [6, 6.07) is 16.1. The molecule has 0 radical (unpaired) electrons. The van der Waals surface area contributed by atoms with Crippen molar-refractivity contribution in [2.45, 2.75) is 6.92 Å². The molecule has 0 aliphatic carbocycles. The molecule has 0 aliphatic rings. The monoisotopic (exact) mass is 232 g/mol. The van der Waals surface area contributed by atoms with E-state index in [-0.39, 0.29) is 0 Å². The van der Waals surface area contributed by atoms with Gasteiger partial charge in [0.1, 0.15) is 0 Å². The smallest absolute Gasteiger partial charge is 0.210 e. The van der Waals surface area contributed by atoms with Gasteiger partial charge in [-0.2, -0.15) is 0 Å². The number of aromatic nitrogens is 1. The average molecular weight is 232 g/mol. The molecule has 0 saturated heterocycles. The summed E-state index contributed by atoms with van der Waals surface area (Å²) in [6.45, 7) is 9.33. The first-order chi connectivity index (χ1) is 8.79. The molecule has 1 heterocycles. The zero-order chi connectivity index (χ0) is 12.5. The summed E-state index contributed by atoms with van der Waals surface area (Å²) < 4.78 is 2.08. The molecule has 3 rings (SSSR count). The van der Waals surface area contributed by atoms with E-state index in [1.54, 1.807) is 0 Å². The second kappa shape index (κ2) is 4.05. The van der Waals surface area contributed by atoms with Crippen molar-refractivity contribution in [2.75, 3.05) is 0 Å². The van der Waals surface area contributed by atoms with Gasteiger partial charge >= 0.3 is 0 Å². The molecule has 18 heavy (non-hydrogen) atoms. The lowest BCUT2D eigenvalue weighted by Gasteiger charge is -2.08. The molecule has 0 saturated carbocycles. The van der Waals surface area contributed by atoms with Gasteiger partial charge in [0.05, 0.1) is 17.8 Å².